The minimum absolute atomic E-state index is 0.130. The molecule has 59 heavy (non-hydrogen) atoms. The van der Waals surface area contributed by atoms with Crippen LogP contribution >= 0.6 is 0 Å². The van der Waals surface area contributed by atoms with E-state index >= 15 is 0 Å². The van der Waals surface area contributed by atoms with Crippen LogP contribution in [-0.4, -0.2) is 45.7 Å². The van der Waals surface area contributed by atoms with E-state index in [0.717, 1.165) is 43.3 Å². The Hall–Kier alpha value is -5.74. The molecular formula is C52H51N3OSi3. The molecular weight excluding hydrogens is 767 g/mol. The summed E-state index contributed by atoms with van der Waals surface area (Å²) in [5.74, 6) is -3.69. The normalized spacial score (nSPS) is 21.1. The van der Waals surface area contributed by atoms with Crippen LogP contribution < -0.4 is 25.5 Å². The van der Waals surface area contributed by atoms with E-state index in [-0.39, 0.29) is 22.6 Å². The van der Waals surface area contributed by atoms with Gasteiger partial charge in [-0.15, -0.1) is 0 Å². The highest BCUT2D eigenvalue weighted by Gasteiger charge is 2.49. The number of hydrogen-bond donors (Lipinski definition) is 0. The lowest BCUT2D eigenvalue weighted by Gasteiger charge is -2.44. The lowest BCUT2D eigenvalue weighted by molar-refractivity contribution is 0.454. The van der Waals surface area contributed by atoms with E-state index in [1.807, 2.05) is 78.9 Å². The van der Waals surface area contributed by atoms with E-state index in [1.54, 1.807) is 36.4 Å². The van der Waals surface area contributed by atoms with Gasteiger partial charge in [0.2, 0.25) is 5.78 Å². The molecule has 9 aromatic rings. The van der Waals surface area contributed by atoms with E-state index in [2.05, 4.69) is 69.6 Å². The van der Waals surface area contributed by atoms with Gasteiger partial charge in [-0.3, -0.25) is 8.97 Å². The van der Waals surface area contributed by atoms with Crippen LogP contribution in [0.4, 0.5) is 0 Å². The van der Waals surface area contributed by atoms with E-state index in [1.165, 1.54) is 13.8 Å². The van der Waals surface area contributed by atoms with Crippen molar-refractivity contribution in [2.75, 3.05) is 0 Å². The molecule has 1 aliphatic rings. The monoisotopic (exact) mass is 829 g/mol. The lowest BCUT2D eigenvalue weighted by Crippen LogP contribution is -2.75. The minimum Gasteiger partial charge on any atom is -0.457 e. The Morgan fingerprint density at radius 2 is 1.22 bits per heavy atom. The smallest absolute Gasteiger partial charge is 0.220 e. The van der Waals surface area contributed by atoms with Gasteiger partial charge < -0.3 is 4.74 Å². The van der Waals surface area contributed by atoms with Gasteiger partial charge in [0.05, 0.1) is 22.1 Å². The highest BCUT2D eigenvalue weighted by atomic mass is 28.3. The molecule has 0 aliphatic carbocycles. The summed E-state index contributed by atoms with van der Waals surface area (Å²) in [5, 5.41) is 3.42. The fraction of sp³-hybridized carbons (Fsp3) is 0.173. The number of rotatable bonds is 11. The average Bonchev–Trinajstić information content (AvgIpc) is 3.85. The molecule has 0 N–H and O–H groups in total. The number of nitrogens with zero attached hydrogens (tertiary/aromatic N) is 3. The minimum atomic E-state index is -5.13. The molecule has 2 atom stereocenters. The quantitative estimate of drug-likeness (QED) is 0.0967. The fourth-order valence-electron chi connectivity index (χ4n) is 9.16. The van der Waals surface area contributed by atoms with Gasteiger partial charge in [-0.1, -0.05) is 173 Å². The summed E-state index contributed by atoms with van der Waals surface area (Å²) >= 11 is 0. The number of ether oxygens (including phenoxy) is 1. The zero-order valence-electron chi connectivity index (χ0n) is 44.9. The van der Waals surface area contributed by atoms with Crippen molar-refractivity contribution in [2.24, 2.45) is 11.8 Å². The Morgan fingerprint density at radius 1 is 0.644 bits per heavy atom. The van der Waals surface area contributed by atoms with Gasteiger partial charge in [-0.2, -0.15) is 0 Å². The maximum atomic E-state index is 10.5. The Labute approximate surface area is 369 Å². The number of benzene rings is 7. The van der Waals surface area contributed by atoms with Gasteiger partial charge in [0.15, 0.2) is 8.07 Å². The number of hydrogen-bond acceptors (Lipinski definition) is 2. The van der Waals surface area contributed by atoms with Crippen LogP contribution in [0.5, 0.6) is 11.5 Å². The van der Waals surface area contributed by atoms with Gasteiger partial charge in [-0.05, 0) is 86.1 Å². The van der Waals surface area contributed by atoms with Crippen molar-refractivity contribution in [2.45, 2.75) is 44.3 Å². The van der Waals surface area contributed by atoms with Crippen molar-refractivity contribution in [3.8, 4) is 17.2 Å². The highest BCUT2D eigenvalue weighted by molar-refractivity contribution is 7.20. The van der Waals surface area contributed by atoms with E-state index < -0.39 is 69.1 Å². The summed E-state index contributed by atoms with van der Waals surface area (Å²) in [6.45, 7) is -3.60. The summed E-state index contributed by atoms with van der Waals surface area (Å²) in [4.78, 5) is 5.17. The first kappa shape index (κ1) is 26.4. The molecule has 0 amide bonds. The molecule has 7 aromatic carbocycles. The van der Waals surface area contributed by atoms with Crippen LogP contribution in [0, 0.1) is 11.8 Å². The number of imidazole rings is 2. The molecule has 292 valence electrons. The van der Waals surface area contributed by atoms with Gasteiger partial charge >= 0.3 is 0 Å². The predicted octanol–water partition coefficient (Wildman–Crippen LogP) is 8.60. The second kappa shape index (κ2) is 15.1. The van der Waals surface area contributed by atoms with E-state index in [4.69, 9.17) is 17.9 Å². The van der Waals surface area contributed by atoms with Gasteiger partial charge in [0.25, 0.3) is 0 Å². The molecule has 4 nitrogen and oxygen atoms in total. The SMILES string of the molecule is [2H]C([2H])([2H])C([2H])(C)C[Si]([2H])([2H])C1([Si]([2H])([2H])CC([2H])(C)C([2H])([2H])[2H])c2ccccc2Oc2c1cccc2[Si](c1ccccc1)(c1ccccc1)c1cccc(-n2c3ccccc3n3c4ccccc4nc23)c1. The van der Waals surface area contributed by atoms with Crippen LogP contribution in [0.3, 0.4) is 0 Å². The summed E-state index contributed by atoms with van der Waals surface area (Å²) in [6.07, 6.45) is 0. The Balaban J connectivity index is 1.34. The van der Waals surface area contributed by atoms with Crippen LogP contribution in [-0.2, 0) is 4.66 Å². The predicted molar refractivity (Wildman–Crippen MR) is 257 cm³/mol. The van der Waals surface area contributed by atoms with E-state index in [0.29, 0.717) is 11.0 Å². The molecule has 0 fully saturated rings. The zero-order chi connectivity index (χ0) is 50.6. The molecule has 0 saturated heterocycles. The first-order chi connectivity index (χ1) is 33.5. The standard InChI is InChI=1S/C52H51N3OSi3/c1-36(2)34-57-52(58-35-37(3)4)42-25-11-16-31-48(42)56-50-43(52)26-18-32-49(50)59(39-20-7-5-8-21-39,40-22-9-6-10-23-40)41-24-17-19-38(33-41)54-46-29-14-15-30-47(46)55-45-28-13-12-27-44(45)53-51(54)55/h5-33,36-37H,34-35,57-58H2,1-4H3/i1D3,3D3,36D,37D,57D2,58D2. The Bertz CT molecular complexity index is 3400. The molecule has 2 unspecified atom stereocenters. The van der Waals surface area contributed by atoms with Crippen molar-refractivity contribution in [3.05, 3.63) is 187 Å². The molecule has 0 spiro atoms. The molecule has 10 rings (SSSR count). The van der Waals surface area contributed by atoms with Crippen molar-refractivity contribution in [3.63, 3.8) is 0 Å². The molecule has 7 heteroatoms. The van der Waals surface area contributed by atoms with Crippen LogP contribution in [0.2, 0.25) is 12.1 Å². The summed E-state index contributed by atoms with van der Waals surface area (Å²) in [6, 6.07) is 54.9. The van der Waals surface area contributed by atoms with Crippen LogP contribution in [0.15, 0.2) is 176 Å². The largest absolute Gasteiger partial charge is 0.457 e. The molecule has 0 bridgehead atoms. The first-order valence-corrected chi connectivity index (χ1v) is 24.4. The summed E-state index contributed by atoms with van der Waals surface area (Å²) in [5.41, 5.74) is 4.79. The van der Waals surface area contributed by atoms with Crippen molar-refractivity contribution in [1.82, 2.24) is 14.0 Å². The second-order valence-corrected chi connectivity index (χ2v) is 22.6. The van der Waals surface area contributed by atoms with E-state index in [9.17, 15) is 7.68 Å². The maximum absolute atomic E-state index is 10.5. The van der Waals surface area contributed by atoms with Crippen LogP contribution in [0.1, 0.15) is 49.6 Å². The summed E-state index contributed by atoms with van der Waals surface area (Å²) < 4.78 is 120. The molecule has 2 aromatic heterocycles. The summed E-state index contributed by atoms with van der Waals surface area (Å²) in [7, 11) is -14.0. The third-order valence-electron chi connectivity index (χ3n) is 11.6. The topological polar surface area (TPSA) is 31.5 Å². The van der Waals surface area contributed by atoms with Crippen molar-refractivity contribution >= 4 is 75.4 Å². The fourth-order valence-corrected chi connectivity index (χ4v) is 17.7. The Kier molecular flexibility index (Phi) is 6.77. The maximum Gasteiger partial charge on any atom is 0.220 e. The molecule has 0 radical (unpaired) electrons. The second-order valence-electron chi connectivity index (χ2n) is 15.4. The average molecular weight is 830 g/mol. The first-order valence-electron chi connectivity index (χ1n) is 26.0. The van der Waals surface area contributed by atoms with Gasteiger partial charge in [0, 0.05) is 45.0 Å². The van der Waals surface area contributed by atoms with Crippen LogP contribution in [0.25, 0.3) is 33.5 Å². The number of aromatic nitrogens is 3. The van der Waals surface area contributed by atoms with Crippen molar-refractivity contribution in [1.29, 1.82) is 4.94 Å². The zero-order valence-corrected chi connectivity index (χ0v) is 35.9. The number of para-hydroxylation sites is 6. The van der Waals surface area contributed by atoms with Gasteiger partial charge in [-0.25, -0.2) is 4.98 Å². The van der Waals surface area contributed by atoms with Crippen molar-refractivity contribution < 1.29 is 15.7 Å². The third kappa shape index (κ3) is 6.09. The Morgan fingerprint density at radius 3 is 1.93 bits per heavy atom. The molecule has 1 aliphatic heterocycles. The third-order valence-corrected chi connectivity index (χ3v) is 21.0. The lowest BCUT2D eigenvalue weighted by atomic mass is 9.98. The molecule has 0 saturated carbocycles. The van der Waals surface area contributed by atoms with Gasteiger partial charge in [0.1, 0.15) is 11.5 Å². The highest BCUT2D eigenvalue weighted by Crippen LogP contribution is 2.48. The number of fused-ring (bicyclic) bond motifs is 7. The molecule has 3 heterocycles.